The maximum Gasteiger partial charge on any atom is 0.283 e. The Morgan fingerprint density at radius 3 is 2.43 bits per heavy atom. The topological polar surface area (TPSA) is 79.9 Å². The van der Waals surface area contributed by atoms with E-state index in [9.17, 15) is 4.79 Å². The van der Waals surface area contributed by atoms with Gasteiger partial charge in [-0.2, -0.15) is 5.10 Å². The highest BCUT2D eigenvalue weighted by molar-refractivity contribution is 7.18. The van der Waals surface area contributed by atoms with E-state index in [2.05, 4.69) is 10.5 Å². The van der Waals surface area contributed by atoms with Crippen LogP contribution in [0.25, 0.3) is 10.4 Å². The lowest BCUT2D eigenvalue weighted by Gasteiger charge is -2.11. The second-order valence-corrected chi connectivity index (χ2v) is 7.36. The van der Waals surface area contributed by atoms with Crippen molar-refractivity contribution in [3.63, 3.8) is 0 Å². The van der Waals surface area contributed by atoms with Crippen molar-refractivity contribution in [3.8, 4) is 16.2 Å². The summed E-state index contributed by atoms with van der Waals surface area (Å²) in [5, 5.41) is 4.03. The molecule has 0 radical (unpaired) electrons. The molecule has 0 atom stereocenters. The van der Waals surface area contributed by atoms with Crippen LogP contribution in [0, 0.1) is 0 Å². The molecule has 1 heterocycles. The summed E-state index contributed by atoms with van der Waals surface area (Å²) in [6.07, 6.45) is 1.60. The Morgan fingerprint density at radius 1 is 1.14 bits per heavy atom. The molecule has 3 N–H and O–H groups in total. The molecule has 7 heteroatoms. The van der Waals surface area contributed by atoms with Crippen LogP contribution in [0.5, 0.6) is 5.75 Å². The zero-order chi connectivity index (χ0) is 20.1. The van der Waals surface area contributed by atoms with Gasteiger partial charge in [-0.15, -0.1) is 11.3 Å². The maximum absolute atomic E-state index is 12.4. The van der Waals surface area contributed by atoms with Gasteiger partial charge in [-0.1, -0.05) is 12.1 Å². The number of hydrogen-bond donors (Lipinski definition) is 2. The predicted octanol–water partition coefficient (Wildman–Crippen LogP) is 3.84. The first-order valence-corrected chi connectivity index (χ1v) is 9.44. The van der Waals surface area contributed by atoms with Gasteiger partial charge in [0.2, 0.25) is 0 Å². The lowest BCUT2D eigenvalue weighted by atomic mass is 10.2. The van der Waals surface area contributed by atoms with Crippen LogP contribution in [0.4, 0.5) is 11.4 Å². The van der Waals surface area contributed by atoms with E-state index in [0.29, 0.717) is 10.6 Å². The fourth-order valence-electron chi connectivity index (χ4n) is 2.55. The van der Waals surface area contributed by atoms with E-state index in [1.165, 1.54) is 11.3 Å². The van der Waals surface area contributed by atoms with Crippen molar-refractivity contribution in [2.45, 2.75) is 0 Å². The summed E-state index contributed by atoms with van der Waals surface area (Å²) in [5.41, 5.74) is 12.0. The Labute approximate surface area is 168 Å². The van der Waals surface area contributed by atoms with Gasteiger partial charge >= 0.3 is 0 Å². The Hall–Kier alpha value is -3.32. The molecule has 0 aliphatic rings. The van der Waals surface area contributed by atoms with Gasteiger partial charge in [0.1, 0.15) is 10.6 Å². The molecule has 0 saturated carbocycles. The van der Waals surface area contributed by atoms with E-state index in [4.69, 9.17) is 10.5 Å². The summed E-state index contributed by atoms with van der Waals surface area (Å²) < 4.78 is 5.17. The molecule has 2 aromatic carbocycles. The predicted molar refractivity (Wildman–Crippen MR) is 117 cm³/mol. The number of anilines is 2. The standard InChI is InChI=1S/C21H22N4O2S/c1-25(2)16-8-4-14(5-9-16)13-23-24-21(26)20-18(22)12-19(28-20)15-6-10-17(27-3)11-7-15/h4-13H,22H2,1-3H3,(H,24,26)/b23-13-. The Balaban J connectivity index is 1.68. The number of carbonyl (C=O) groups is 1. The van der Waals surface area contributed by atoms with Crippen molar-refractivity contribution >= 4 is 34.8 Å². The van der Waals surface area contributed by atoms with Crippen LogP contribution >= 0.6 is 11.3 Å². The molecule has 6 nitrogen and oxygen atoms in total. The van der Waals surface area contributed by atoms with Crippen molar-refractivity contribution in [1.29, 1.82) is 0 Å². The molecule has 28 heavy (non-hydrogen) atoms. The van der Waals surface area contributed by atoms with E-state index in [1.807, 2.05) is 67.5 Å². The second kappa shape index (κ2) is 8.58. The van der Waals surface area contributed by atoms with Gasteiger partial charge in [0.15, 0.2) is 0 Å². The molecule has 3 aromatic rings. The van der Waals surface area contributed by atoms with Crippen LogP contribution in [0.15, 0.2) is 59.7 Å². The van der Waals surface area contributed by atoms with E-state index in [0.717, 1.165) is 27.4 Å². The van der Waals surface area contributed by atoms with Crippen molar-refractivity contribution in [2.75, 3.05) is 31.8 Å². The highest BCUT2D eigenvalue weighted by Crippen LogP contribution is 2.33. The normalized spacial score (nSPS) is 10.8. The fourth-order valence-corrected chi connectivity index (χ4v) is 3.53. The van der Waals surface area contributed by atoms with Gasteiger partial charge < -0.3 is 15.4 Å². The van der Waals surface area contributed by atoms with E-state index >= 15 is 0 Å². The summed E-state index contributed by atoms with van der Waals surface area (Å²) in [4.78, 5) is 15.8. The minimum absolute atomic E-state index is 0.330. The number of nitrogen functional groups attached to an aromatic ring is 1. The van der Waals surface area contributed by atoms with Crippen LogP contribution < -0.4 is 20.8 Å². The Morgan fingerprint density at radius 2 is 1.82 bits per heavy atom. The monoisotopic (exact) mass is 394 g/mol. The molecule has 0 unspecified atom stereocenters. The number of amides is 1. The third-order valence-electron chi connectivity index (χ3n) is 4.13. The van der Waals surface area contributed by atoms with E-state index in [1.54, 1.807) is 19.4 Å². The number of carbonyl (C=O) groups excluding carboxylic acids is 1. The van der Waals surface area contributed by atoms with Crippen LogP contribution in [-0.2, 0) is 0 Å². The van der Waals surface area contributed by atoms with Crippen LogP contribution in [-0.4, -0.2) is 33.3 Å². The molecule has 1 amide bonds. The molecule has 0 fully saturated rings. The highest BCUT2D eigenvalue weighted by atomic mass is 32.1. The lowest BCUT2D eigenvalue weighted by Crippen LogP contribution is -2.17. The van der Waals surface area contributed by atoms with E-state index < -0.39 is 0 Å². The van der Waals surface area contributed by atoms with Gasteiger partial charge in [0, 0.05) is 24.7 Å². The highest BCUT2D eigenvalue weighted by Gasteiger charge is 2.15. The zero-order valence-corrected chi connectivity index (χ0v) is 16.8. The summed E-state index contributed by atoms with van der Waals surface area (Å²) in [5.74, 6) is 0.447. The summed E-state index contributed by atoms with van der Waals surface area (Å²) >= 11 is 1.33. The number of nitrogens with two attached hydrogens (primary N) is 1. The van der Waals surface area contributed by atoms with E-state index in [-0.39, 0.29) is 5.91 Å². The summed E-state index contributed by atoms with van der Waals surface area (Å²) in [6.45, 7) is 0. The summed E-state index contributed by atoms with van der Waals surface area (Å²) in [7, 11) is 5.58. The smallest absolute Gasteiger partial charge is 0.283 e. The summed E-state index contributed by atoms with van der Waals surface area (Å²) in [6, 6.07) is 17.3. The minimum Gasteiger partial charge on any atom is -0.497 e. The third kappa shape index (κ3) is 4.50. The Kier molecular flexibility index (Phi) is 5.96. The molecule has 1 aromatic heterocycles. The molecule has 0 bridgehead atoms. The van der Waals surface area contributed by atoms with Gasteiger partial charge in [-0.3, -0.25) is 4.79 Å². The van der Waals surface area contributed by atoms with Gasteiger partial charge in [0.25, 0.3) is 5.91 Å². The van der Waals surface area contributed by atoms with Crippen molar-refractivity contribution in [2.24, 2.45) is 5.10 Å². The second-order valence-electron chi connectivity index (χ2n) is 6.31. The van der Waals surface area contributed by atoms with Crippen molar-refractivity contribution in [1.82, 2.24) is 5.43 Å². The van der Waals surface area contributed by atoms with Crippen molar-refractivity contribution in [3.05, 3.63) is 65.0 Å². The molecule has 0 spiro atoms. The fraction of sp³-hybridized carbons (Fsp3) is 0.143. The first kappa shape index (κ1) is 19.4. The number of nitrogens with one attached hydrogen (secondary N) is 1. The quantitative estimate of drug-likeness (QED) is 0.492. The maximum atomic E-state index is 12.4. The number of hydrazone groups is 1. The molecule has 3 rings (SSSR count). The number of thiophene rings is 1. The number of methoxy groups -OCH3 is 1. The van der Waals surface area contributed by atoms with Crippen molar-refractivity contribution < 1.29 is 9.53 Å². The molecule has 0 aliphatic heterocycles. The van der Waals surface area contributed by atoms with Crippen LogP contribution in [0.1, 0.15) is 15.2 Å². The molecule has 144 valence electrons. The minimum atomic E-state index is -0.330. The number of hydrogen-bond acceptors (Lipinski definition) is 6. The number of ether oxygens (including phenoxy) is 1. The number of rotatable bonds is 6. The number of nitrogens with zero attached hydrogens (tertiary/aromatic N) is 2. The average Bonchev–Trinajstić information content (AvgIpc) is 3.10. The van der Waals surface area contributed by atoms with Crippen LogP contribution in [0.2, 0.25) is 0 Å². The Bertz CT molecular complexity index is 977. The largest absolute Gasteiger partial charge is 0.497 e. The third-order valence-corrected chi connectivity index (χ3v) is 5.33. The first-order valence-electron chi connectivity index (χ1n) is 8.62. The molecule has 0 aliphatic carbocycles. The lowest BCUT2D eigenvalue weighted by molar-refractivity contribution is 0.0960. The number of benzene rings is 2. The SMILES string of the molecule is COc1ccc(-c2cc(N)c(C(=O)N/N=C\c3ccc(N(C)C)cc3)s2)cc1. The molecular weight excluding hydrogens is 372 g/mol. The molecule has 0 saturated heterocycles. The van der Waals surface area contributed by atoms with Crippen LogP contribution in [0.3, 0.4) is 0 Å². The van der Waals surface area contributed by atoms with Gasteiger partial charge in [0.05, 0.1) is 19.0 Å². The van der Waals surface area contributed by atoms with Gasteiger partial charge in [-0.25, -0.2) is 5.43 Å². The van der Waals surface area contributed by atoms with Gasteiger partial charge in [-0.05, 0) is 53.6 Å². The zero-order valence-electron chi connectivity index (χ0n) is 16.0. The first-order chi connectivity index (χ1) is 13.5. The average molecular weight is 395 g/mol. The molecular formula is C21H22N4O2S.